The number of hydrogen-bond acceptors (Lipinski definition) is 15. The lowest BCUT2D eigenvalue weighted by Crippen LogP contribution is -2.30. The average Bonchev–Trinajstić information content (AvgIpc) is 3.40. The number of aliphatic hydroxyl groups excluding tert-OH is 1. The highest BCUT2D eigenvalue weighted by Crippen LogP contribution is 2.45. The van der Waals surface area contributed by atoms with E-state index in [1.165, 1.54) is 186 Å². The first-order valence-electron chi connectivity index (χ1n) is 37.5. The average molecular weight is 1340 g/mol. The molecule has 91 heavy (non-hydrogen) atoms. The summed E-state index contributed by atoms with van der Waals surface area (Å²) in [7, 11) is -9.90. The van der Waals surface area contributed by atoms with Crippen LogP contribution in [0.1, 0.15) is 369 Å². The van der Waals surface area contributed by atoms with Gasteiger partial charge in [0, 0.05) is 25.7 Å². The molecule has 0 fully saturated rings. The number of carbonyl (C=O) groups is 4. The van der Waals surface area contributed by atoms with E-state index >= 15 is 0 Å². The molecule has 0 radical (unpaired) electrons. The van der Waals surface area contributed by atoms with E-state index in [0.29, 0.717) is 25.7 Å². The quantitative estimate of drug-likeness (QED) is 0.0222. The van der Waals surface area contributed by atoms with Crippen LogP contribution < -0.4 is 0 Å². The zero-order valence-electron chi connectivity index (χ0n) is 59.1. The molecule has 2 unspecified atom stereocenters. The van der Waals surface area contributed by atoms with E-state index in [-0.39, 0.29) is 25.7 Å². The number of aliphatic hydroxyl groups is 1. The highest BCUT2D eigenvalue weighted by atomic mass is 31.2. The summed E-state index contributed by atoms with van der Waals surface area (Å²) in [6.07, 6.45) is 49.8. The highest BCUT2D eigenvalue weighted by Gasteiger charge is 2.30. The van der Waals surface area contributed by atoms with Gasteiger partial charge in [-0.2, -0.15) is 0 Å². The molecule has 0 heterocycles. The van der Waals surface area contributed by atoms with Crippen LogP contribution in [0.15, 0.2) is 0 Å². The van der Waals surface area contributed by atoms with Gasteiger partial charge in [-0.15, -0.1) is 0 Å². The SMILES string of the molecule is CCCCCCCCCCCCCC(=O)O[C@H](COC(=O)CCCCCCCCCCCC)COP(=O)(O)OC[C@H](O)COP(=O)(O)OC[C@@H](COC(=O)CCCCCCCCCCCCCC(C)C)OC(=O)CCCCCCCCCCCCCCCC(C)C. The number of phosphoric ester groups is 2. The van der Waals surface area contributed by atoms with Crippen molar-refractivity contribution in [3.63, 3.8) is 0 Å². The zero-order valence-corrected chi connectivity index (χ0v) is 60.9. The van der Waals surface area contributed by atoms with Gasteiger partial charge in [-0.1, -0.05) is 318 Å². The van der Waals surface area contributed by atoms with E-state index in [0.717, 1.165) is 102 Å². The van der Waals surface area contributed by atoms with Crippen LogP contribution in [0, 0.1) is 11.8 Å². The van der Waals surface area contributed by atoms with Crippen LogP contribution in [0.2, 0.25) is 0 Å². The van der Waals surface area contributed by atoms with E-state index in [4.69, 9.17) is 37.0 Å². The minimum atomic E-state index is -4.95. The van der Waals surface area contributed by atoms with Gasteiger partial charge < -0.3 is 33.8 Å². The molecule has 5 atom stereocenters. The van der Waals surface area contributed by atoms with Gasteiger partial charge in [0.2, 0.25) is 0 Å². The molecule has 0 aromatic heterocycles. The van der Waals surface area contributed by atoms with Crippen LogP contribution in [0.25, 0.3) is 0 Å². The predicted molar refractivity (Wildman–Crippen MR) is 368 cm³/mol. The topological polar surface area (TPSA) is 237 Å². The van der Waals surface area contributed by atoms with Crippen LogP contribution in [-0.2, 0) is 65.4 Å². The standard InChI is InChI=1S/C72H140O17P2/c1-7-9-11-13-15-17-23-32-38-44-50-56-71(76)88-67(60-82-69(74)54-48-42-36-30-18-16-14-12-10-8-2)62-86-90(78,79)84-58-66(73)59-85-91(80,81)87-63-68(61-83-70(75)55-49-43-37-31-27-22-25-29-35-41-47-53-65(5)6)89-72(77)57-51-45-39-33-26-21-19-20-24-28-34-40-46-52-64(3)4/h64-68,73H,7-63H2,1-6H3,(H,78,79)(H,80,81)/t66-,67+,68+/m0/s1. The smallest absolute Gasteiger partial charge is 0.462 e. The molecule has 0 amide bonds. The largest absolute Gasteiger partial charge is 0.472 e. The summed E-state index contributed by atoms with van der Waals surface area (Å²) >= 11 is 0. The number of carbonyl (C=O) groups excluding carboxylic acids is 4. The predicted octanol–water partition coefficient (Wildman–Crippen LogP) is 20.8. The number of phosphoric acid groups is 2. The van der Waals surface area contributed by atoms with E-state index in [9.17, 15) is 43.2 Å². The fourth-order valence-corrected chi connectivity index (χ4v) is 12.5. The molecule has 0 aliphatic heterocycles. The van der Waals surface area contributed by atoms with Gasteiger partial charge in [0.1, 0.15) is 19.3 Å². The first-order valence-corrected chi connectivity index (χ1v) is 40.5. The van der Waals surface area contributed by atoms with E-state index in [1.54, 1.807) is 0 Å². The fourth-order valence-electron chi connectivity index (χ4n) is 10.9. The second-order valence-corrected chi connectivity index (χ2v) is 29.8. The number of hydrogen-bond donors (Lipinski definition) is 3. The van der Waals surface area contributed by atoms with Crippen LogP contribution in [0.4, 0.5) is 0 Å². The molecular weight excluding hydrogens is 1200 g/mol. The highest BCUT2D eigenvalue weighted by molar-refractivity contribution is 7.47. The van der Waals surface area contributed by atoms with Crippen molar-refractivity contribution < 1.29 is 80.2 Å². The summed E-state index contributed by atoms with van der Waals surface area (Å²) in [6, 6.07) is 0. The van der Waals surface area contributed by atoms with Gasteiger partial charge in [0.25, 0.3) is 0 Å². The summed E-state index contributed by atoms with van der Waals surface area (Å²) in [6.45, 7) is 9.58. The first-order chi connectivity index (χ1) is 43.9. The van der Waals surface area contributed by atoms with Gasteiger partial charge in [-0.25, -0.2) is 9.13 Å². The Hall–Kier alpha value is -1.94. The maximum atomic E-state index is 13.0. The molecule has 0 aromatic rings. The van der Waals surface area contributed by atoms with Crippen molar-refractivity contribution in [1.82, 2.24) is 0 Å². The Morgan fingerprint density at radius 1 is 0.297 bits per heavy atom. The summed E-state index contributed by atoms with van der Waals surface area (Å²) in [5.41, 5.74) is 0. The Morgan fingerprint density at radius 2 is 0.505 bits per heavy atom. The third kappa shape index (κ3) is 66.5. The third-order valence-electron chi connectivity index (χ3n) is 16.7. The Bertz CT molecular complexity index is 1770. The molecule has 3 N–H and O–H groups in total. The van der Waals surface area contributed by atoms with Crippen LogP contribution in [0.5, 0.6) is 0 Å². The molecular formula is C72H140O17P2. The molecule has 17 nitrogen and oxygen atoms in total. The van der Waals surface area contributed by atoms with Gasteiger partial charge in [0.05, 0.1) is 26.4 Å². The molecule has 0 bridgehead atoms. The summed E-state index contributed by atoms with van der Waals surface area (Å²) in [4.78, 5) is 72.6. The van der Waals surface area contributed by atoms with Gasteiger partial charge >= 0.3 is 39.5 Å². The number of unbranched alkanes of at least 4 members (excludes halogenated alkanes) is 41. The van der Waals surface area contributed by atoms with Crippen LogP contribution in [0.3, 0.4) is 0 Å². The van der Waals surface area contributed by atoms with Crippen molar-refractivity contribution in [2.75, 3.05) is 39.6 Å². The first kappa shape index (κ1) is 89.1. The minimum Gasteiger partial charge on any atom is -0.462 e. The minimum absolute atomic E-state index is 0.107. The van der Waals surface area contributed by atoms with Crippen molar-refractivity contribution in [2.45, 2.75) is 387 Å². The van der Waals surface area contributed by atoms with E-state index < -0.39 is 97.5 Å². The van der Waals surface area contributed by atoms with Gasteiger partial charge in [-0.05, 0) is 37.5 Å². The molecule has 0 spiro atoms. The molecule has 19 heteroatoms. The van der Waals surface area contributed by atoms with Gasteiger partial charge in [-0.3, -0.25) is 37.3 Å². The normalized spacial score (nSPS) is 14.1. The van der Waals surface area contributed by atoms with E-state index in [1.807, 2.05) is 0 Å². The maximum absolute atomic E-state index is 13.0. The summed E-state index contributed by atoms with van der Waals surface area (Å²) in [5, 5.41) is 10.6. The lowest BCUT2D eigenvalue weighted by molar-refractivity contribution is -0.161. The van der Waals surface area contributed by atoms with Crippen molar-refractivity contribution in [3.8, 4) is 0 Å². The second-order valence-electron chi connectivity index (χ2n) is 26.9. The van der Waals surface area contributed by atoms with Crippen LogP contribution in [-0.4, -0.2) is 96.7 Å². The Morgan fingerprint density at radius 3 is 0.747 bits per heavy atom. The van der Waals surface area contributed by atoms with Crippen molar-refractivity contribution in [2.24, 2.45) is 11.8 Å². The fraction of sp³-hybridized carbons (Fsp3) is 0.944. The monoisotopic (exact) mass is 1340 g/mol. The lowest BCUT2D eigenvalue weighted by Gasteiger charge is -2.21. The molecule has 0 rings (SSSR count). The Labute approximate surface area is 556 Å². The number of rotatable bonds is 71. The molecule has 0 aliphatic rings. The summed E-state index contributed by atoms with van der Waals surface area (Å²) < 4.78 is 68.4. The van der Waals surface area contributed by atoms with Crippen molar-refractivity contribution in [1.29, 1.82) is 0 Å². The molecule has 0 aliphatic carbocycles. The molecule has 0 saturated carbocycles. The maximum Gasteiger partial charge on any atom is 0.472 e. The number of ether oxygens (including phenoxy) is 4. The van der Waals surface area contributed by atoms with E-state index in [2.05, 4.69) is 41.5 Å². The Kier molecular flexibility index (Phi) is 62.7. The third-order valence-corrected chi connectivity index (χ3v) is 18.6. The molecule has 0 aromatic carbocycles. The summed E-state index contributed by atoms with van der Waals surface area (Å²) in [5.74, 6) is -0.562. The van der Waals surface area contributed by atoms with Crippen molar-refractivity contribution in [3.05, 3.63) is 0 Å². The number of esters is 4. The van der Waals surface area contributed by atoms with Crippen molar-refractivity contribution >= 4 is 39.5 Å². The van der Waals surface area contributed by atoms with Gasteiger partial charge in [0.15, 0.2) is 12.2 Å². The van der Waals surface area contributed by atoms with Crippen LogP contribution >= 0.6 is 15.6 Å². The Balaban J connectivity index is 5.24. The zero-order chi connectivity index (χ0) is 67.2. The second kappa shape index (κ2) is 64.1. The molecule has 540 valence electrons. The molecule has 0 saturated heterocycles. The lowest BCUT2D eigenvalue weighted by atomic mass is 10.0.